The van der Waals surface area contributed by atoms with E-state index in [9.17, 15) is 4.79 Å². The fraction of sp³-hybridized carbons (Fsp3) is 0.933. The fourth-order valence-electron chi connectivity index (χ4n) is 4.59. The number of nitrogens with zero attached hydrogens (tertiary/aromatic N) is 2. The van der Waals surface area contributed by atoms with Gasteiger partial charge in [0.2, 0.25) is 5.91 Å². The average molecular weight is 265 g/mol. The van der Waals surface area contributed by atoms with Gasteiger partial charge in [0, 0.05) is 25.2 Å². The van der Waals surface area contributed by atoms with Crippen molar-refractivity contribution in [3.63, 3.8) is 0 Å². The van der Waals surface area contributed by atoms with Crippen molar-refractivity contribution in [2.75, 3.05) is 26.7 Å². The molecule has 1 saturated heterocycles. The number of fused-ring (bicyclic) bond motifs is 2. The van der Waals surface area contributed by atoms with E-state index in [1.165, 1.54) is 19.3 Å². The minimum atomic E-state index is 0.115. The van der Waals surface area contributed by atoms with Crippen molar-refractivity contribution in [1.82, 2.24) is 9.80 Å². The first-order valence-electron chi connectivity index (χ1n) is 7.82. The smallest absolute Gasteiger partial charge is 0.227 e. The molecule has 2 N–H and O–H groups in total. The number of hydrogen-bond acceptors (Lipinski definition) is 3. The van der Waals surface area contributed by atoms with Crippen molar-refractivity contribution < 1.29 is 4.79 Å². The van der Waals surface area contributed by atoms with E-state index in [0.29, 0.717) is 23.8 Å². The lowest BCUT2D eigenvalue weighted by molar-refractivity contribution is -0.139. The summed E-state index contributed by atoms with van der Waals surface area (Å²) in [5.74, 6) is 1.65. The lowest BCUT2D eigenvalue weighted by atomic mass is 9.83. The third-order valence-corrected chi connectivity index (χ3v) is 5.60. The van der Waals surface area contributed by atoms with E-state index in [-0.39, 0.29) is 12.0 Å². The van der Waals surface area contributed by atoms with Crippen LogP contribution in [0, 0.1) is 17.8 Å². The van der Waals surface area contributed by atoms with E-state index in [1.807, 2.05) is 0 Å². The van der Waals surface area contributed by atoms with Crippen LogP contribution in [0.5, 0.6) is 0 Å². The molecule has 0 radical (unpaired) electrons. The Kier molecular flexibility index (Phi) is 3.56. The molecule has 5 atom stereocenters. The summed E-state index contributed by atoms with van der Waals surface area (Å²) < 4.78 is 0. The first-order valence-corrected chi connectivity index (χ1v) is 7.82. The van der Waals surface area contributed by atoms with Crippen molar-refractivity contribution >= 4 is 5.91 Å². The van der Waals surface area contributed by atoms with Crippen molar-refractivity contribution in [2.45, 2.75) is 44.7 Å². The van der Waals surface area contributed by atoms with Crippen LogP contribution >= 0.6 is 0 Å². The summed E-state index contributed by atoms with van der Waals surface area (Å²) in [6.07, 6.45) is 4.74. The van der Waals surface area contributed by atoms with Crippen LogP contribution < -0.4 is 5.73 Å². The Hall–Kier alpha value is -0.610. The number of carbonyl (C=O) groups excluding carboxylic acids is 1. The van der Waals surface area contributed by atoms with Gasteiger partial charge >= 0.3 is 0 Å². The first kappa shape index (κ1) is 13.4. The molecule has 3 rings (SSSR count). The summed E-state index contributed by atoms with van der Waals surface area (Å²) in [6.45, 7) is 5.17. The van der Waals surface area contributed by atoms with Crippen LogP contribution in [0.3, 0.4) is 0 Å². The molecule has 108 valence electrons. The minimum Gasteiger partial charge on any atom is -0.338 e. The molecule has 4 heteroatoms. The molecule has 1 amide bonds. The lowest BCUT2D eigenvalue weighted by Crippen LogP contribution is -2.50. The topological polar surface area (TPSA) is 49.6 Å². The van der Waals surface area contributed by atoms with Crippen LogP contribution in [0.15, 0.2) is 0 Å². The molecule has 0 aromatic carbocycles. The van der Waals surface area contributed by atoms with Gasteiger partial charge in [-0.3, -0.25) is 4.79 Å². The number of hydrogen-bond donors (Lipinski definition) is 1. The molecule has 5 unspecified atom stereocenters. The maximum absolute atomic E-state index is 12.9. The van der Waals surface area contributed by atoms with Crippen molar-refractivity contribution in [3.8, 4) is 0 Å². The predicted molar refractivity (Wildman–Crippen MR) is 75.6 cm³/mol. The van der Waals surface area contributed by atoms with Crippen LogP contribution in [0.2, 0.25) is 0 Å². The standard InChI is InChI=1S/C15H27N3O/c1-10-9-17(2)6-3-7-18(10)15(19)13-11-4-5-12(8-11)14(13)16/h10-14H,3-9,16H2,1-2H3. The largest absolute Gasteiger partial charge is 0.338 e. The summed E-state index contributed by atoms with van der Waals surface area (Å²) in [5, 5.41) is 0. The zero-order valence-electron chi connectivity index (χ0n) is 12.2. The van der Waals surface area contributed by atoms with E-state index < -0.39 is 0 Å². The molecule has 0 aromatic rings. The quantitative estimate of drug-likeness (QED) is 0.767. The normalized spacial score (nSPS) is 43.5. The zero-order chi connectivity index (χ0) is 13.6. The highest BCUT2D eigenvalue weighted by Crippen LogP contribution is 2.48. The number of carbonyl (C=O) groups is 1. The summed E-state index contributed by atoms with van der Waals surface area (Å²) in [5.41, 5.74) is 6.33. The SMILES string of the molecule is CC1CN(C)CCCN1C(=O)C1C2CCC(C2)C1N. The monoisotopic (exact) mass is 265 g/mol. The molecule has 1 heterocycles. The molecule has 2 aliphatic carbocycles. The van der Waals surface area contributed by atoms with Gasteiger partial charge in [-0.25, -0.2) is 0 Å². The number of amides is 1. The molecule has 3 aliphatic rings. The molecule has 2 saturated carbocycles. The summed E-state index contributed by atoms with van der Waals surface area (Å²) >= 11 is 0. The molecule has 4 nitrogen and oxygen atoms in total. The molecule has 0 spiro atoms. The van der Waals surface area contributed by atoms with Crippen molar-refractivity contribution in [1.29, 1.82) is 0 Å². The van der Waals surface area contributed by atoms with Gasteiger partial charge in [0.05, 0.1) is 5.92 Å². The van der Waals surface area contributed by atoms with Gasteiger partial charge in [0.25, 0.3) is 0 Å². The second-order valence-corrected chi connectivity index (χ2v) is 6.93. The molecule has 3 fully saturated rings. The highest BCUT2D eigenvalue weighted by Gasteiger charge is 2.50. The van der Waals surface area contributed by atoms with Gasteiger partial charge in [-0.1, -0.05) is 0 Å². The summed E-state index contributed by atoms with van der Waals surface area (Å²) in [7, 11) is 2.15. The van der Waals surface area contributed by atoms with Crippen LogP contribution in [0.1, 0.15) is 32.6 Å². The maximum atomic E-state index is 12.9. The molecule has 1 aliphatic heterocycles. The lowest BCUT2D eigenvalue weighted by Gasteiger charge is -2.35. The maximum Gasteiger partial charge on any atom is 0.227 e. The Labute approximate surface area is 116 Å². The number of nitrogens with two attached hydrogens (primary N) is 1. The first-order chi connectivity index (χ1) is 9.08. The zero-order valence-corrected chi connectivity index (χ0v) is 12.2. The van der Waals surface area contributed by atoms with E-state index in [2.05, 4.69) is 23.8 Å². The second-order valence-electron chi connectivity index (χ2n) is 6.93. The van der Waals surface area contributed by atoms with Crippen LogP contribution in [-0.4, -0.2) is 54.5 Å². The Bertz CT molecular complexity index is 357. The third-order valence-electron chi connectivity index (χ3n) is 5.60. The fourth-order valence-corrected chi connectivity index (χ4v) is 4.59. The van der Waals surface area contributed by atoms with Crippen LogP contribution in [0.4, 0.5) is 0 Å². The van der Waals surface area contributed by atoms with E-state index in [1.54, 1.807) is 0 Å². The highest BCUT2D eigenvalue weighted by molar-refractivity contribution is 5.81. The number of likely N-dealkylation sites (N-methyl/N-ethyl adjacent to an activating group) is 1. The molecule has 2 bridgehead atoms. The van der Waals surface area contributed by atoms with Gasteiger partial charge in [-0.05, 0) is 58.0 Å². The molecule has 19 heavy (non-hydrogen) atoms. The summed E-state index contributed by atoms with van der Waals surface area (Å²) in [6, 6.07) is 0.450. The molecule has 0 aromatic heterocycles. The van der Waals surface area contributed by atoms with E-state index in [4.69, 9.17) is 5.73 Å². The van der Waals surface area contributed by atoms with Gasteiger partial charge < -0.3 is 15.5 Å². The van der Waals surface area contributed by atoms with Gasteiger partial charge in [0.15, 0.2) is 0 Å². The molecular formula is C15H27N3O. The average Bonchev–Trinajstić information content (AvgIpc) is 2.89. The van der Waals surface area contributed by atoms with Crippen molar-refractivity contribution in [3.05, 3.63) is 0 Å². The van der Waals surface area contributed by atoms with Gasteiger partial charge in [-0.15, -0.1) is 0 Å². The Morgan fingerprint density at radius 3 is 2.63 bits per heavy atom. The van der Waals surface area contributed by atoms with Gasteiger partial charge in [-0.2, -0.15) is 0 Å². The predicted octanol–water partition coefficient (Wildman–Crippen LogP) is 0.912. The Morgan fingerprint density at radius 1 is 1.21 bits per heavy atom. The van der Waals surface area contributed by atoms with E-state index in [0.717, 1.165) is 26.1 Å². The second kappa shape index (κ2) is 5.06. The van der Waals surface area contributed by atoms with Crippen LogP contribution in [-0.2, 0) is 4.79 Å². The van der Waals surface area contributed by atoms with E-state index >= 15 is 0 Å². The highest BCUT2D eigenvalue weighted by atomic mass is 16.2. The Balaban J connectivity index is 1.72. The minimum absolute atomic E-state index is 0.115. The third kappa shape index (κ3) is 2.29. The van der Waals surface area contributed by atoms with Gasteiger partial charge in [0.1, 0.15) is 0 Å². The molecular weight excluding hydrogens is 238 g/mol. The number of rotatable bonds is 1. The van der Waals surface area contributed by atoms with Crippen molar-refractivity contribution in [2.24, 2.45) is 23.5 Å². The Morgan fingerprint density at radius 2 is 1.95 bits per heavy atom. The van der Waals surface area contributed by atoms with Crippen LogP contribution in [0.25, 0.3) is 0 Å². The summed E-state index contributed by atoms with van der Waals surface area (Å²) in [4.78, 5) is 17.3.